The Morgan fingerprint density at radius 1 is 1.19 bits per heavy atom. The van der Waals surface area contributed by atoms with Crippen LogP contribution in [0.5, 0.6) is 0 Å². The summed E-state index contributed by atoms with van der Waals surface area (Å²) < 4.78 is 0. The zero-order valence-electron chi connectivity index (χ0n) is 11.5. The Morgan fingerprint density at radius 3 is 2.48 bits per heavy atom. The van der Waals surface area contributed by atoms with Crippen molar-refractivity contribution >= 4 is 29.2 Å². The van der Waals surface area contributed by atoms with E-state index in [4.69, 9.17) is 5.11 Å². The van der Waals surface area contributed by atoms with E-state index in [0.717, 1.165) is 22.7 Å². The zero-order chi connectivity index (χ0) is 15.4. The average Bonchev–Trinajstić information content (AvgIpc) is 2.97. The number of carboxylic acids is 1. The van der Waals surface area contributed by atoms with E-state index >= 15 is 0 Å². The van der Waals surface area contributed by atoms with Crippen LogP contribution in [0.2, 0.25) is 0 Å². The maximum atomic E-state index is 11.9. The van der Waals surface area contributed by atoms with Gasteiger partial charge in [-0.2, -0.15) is 0 Å². The first-order valence-corrected chi connectivity index (χ1v) is 7.15. The van der Waals surface area contributed by atoms with Gasteiger partial charge in [-0.05, 0) is 12.8 Å². The van der Waals surface area contributed by atoms with Crippen LogP contribution in [0.25, 0.3) is 0 Å². The fourth-order valence-corrected chi connectivity index (χ4v) is 2.31. The van der Waals surface area contributed by atoms with Crippen molar-refractivity contribution < 1.29 is 14.7 Å². The van der Waals surface area contributed by atoms with Crippen molar-refractivity contribution in [3.05, 3.63) is 27.5 Å². The number of nitrogens with one attached hydrogen (secondary N) is 1. The van der Waals surface area contributed by atoms with Crippen molar-refractivity contribution in [2.75, 3.05) is 5.32 Å². The van der Waals surface area contributed by atoms with Crippen molar-refractivity contribution in [3.63, 3.8) is 0 Å². The molecule has 0 aliphatic rings. The molecule has 0 aromatic carbocycles. The molecule has 0 bridgehead atoms. The lowest BCUT2D eigenvalue weighted by atomic mass is 10.2. The second-order valence-corrected chi connectivity index (χ2v) is 4.89. The van der Waals surface area contributed by atoms with Crippen LogP contribution >= 0.6 is 11.3 Å². The van der Waals surface area contributed by atoms with Crippen LogP contribution in [0.4, 0.5) is 5.95 Å². The van der Waals surface area contributed by atoms with Gasteiger partial charge in [-0.15, -0.1) is 21.5 Å². The van der Waals surface area contributed by atoms with Gasteiger partial charge in [0.2, 0.25) is 5.95 Å². The highest BCUT2D eigenvalue weighted by atomic mass is 32.1. The Kier molecular flexibility index (Phi) is 4.53. The highest BCUT2D eigenvalue weighted by Crippen LogP contribution is 2.12. The average molecular weight is 307 g/mol. The van der Waals surface area contributed by atoms with E-state index in [0.29, 0.717) is 12.8 Å². The van der Waals surface area contributed by atoms with Crippen molar-refractivity contribution in [3.8, 4) is 0 Å². The van der Waals surface area contributed by atoms with Gasteiger partial charge in [0.15, 0.2) is 10.7 Å². The normalized spacial score (nSPS) is 10.4. The first-order valence-electron chi connectivity index (χ1n) is 6.27. The maximum absolute atomic E-state index is 11.9. The molecule has 0 saturated heterocycles. The van der Waals surface area contributed by atoms with E-state index in [1.807, 2.05) is 13.8 Å². The molecule has 2 heterocycles. The van der Waals surface area contributed by atoms with Gasteiger partial charge in [-0.25, -0.2) is 14.8 Å². The van der Waals surface area contributed by atoms with Crippen LogP contribution in [0.15, 0.2) is 5.38 Å². The van der Waals surface area contributed by atoms with Gasteiger partial charge >= 0.3 is 5.97 Å². The summed E-state index contributed by atoms with van der Waals surface area (Å²) >= 11 is 0.943. The molecule has 0 saturated carbocycles. The van der Waals surface area contributed by atoms with Crippen molar-refractivity contribution in [2.45, 2.75) is 26.7 Å². The summed E-state index contributed by atoms with van der Waals surface area (Å²) in [6.07, 6.45) is 1.40. The number of carboxylic acid groups (broad SMARTS) is 1. The summed E-state index contributed by atoms with van der Waals surface area (Å²) in [5.74, 6) is -1.65. The number of aryl methyl sites for hydroxylation is 2. The fraction of sp³-hybridized carbons (Fsp3) is 0.333. The van der Waals surface area contributed by atoms with Crippen molar-refractivity contribution in [1.29, 1.82) is 0 Å². The third-order valence-corrected chi connectivity index (χ3v) is 3.49. The van der Waals surface area contributed by atoms with Gasteiger partial charge in [-0.3, -0.25) is 10.1 Å². The highest BCUT2D eigenvalue weighted by molar-refractivity contribution is 7.12. The van der Waals surface area contributed by atoms with E-state index in [9.17, 15) is 9.59 Å². The van der Waals surface area contributed by atoms with Crippen LogP contribution in [-0.2, 0) is 12.8 Å². The topological polar surface area (TPSA) is 118 Å². The molecule has 2 aromatic rings. The maximum Gasteiger partial charge on any atom is 0.355 e. The summed E-state index contributed by atoms with van der Waals surface area (Å²) in [6, 6.07) is 0. The Balaban J connectivity index is 2.17. The number of thiazole rings is 1. The summed E-state index contributed by atoms with van der Waals surface area (Å²) in [4.78, 5) is 30.6. The van der Waals surface area contributed by atoms with E-state index < -0.39 is 11.9 Å². The molecule has 0 atom stereocenters. The predicted molar refractivity (Wildman–Crippen MR) is 75.6 cm³/mol. The number of carbonyl (C=O) groups excluding carboxylic acids is 1. The third kappa shape index (κ3) is 3.37. The molecule has 0 aliphatic carbocycles. The van der Waals surface area contributed by atoms with Crippen LogP contribution in [0.3, 0.4) is 0 Å². The lowest BCUT2D eigenvalue weighted by molar-refractivity contribution is 0.0691. The SMILES string of the molecule is CCc1nnc(NC(=O)c2nc(C(=O)O)cs2)nc1CC. The van der Waals surface area contributed by atoms with Gasteiger partial charge < -0.3 is 5.11 Å². The summed E-state index contributed by atoms with van der Waals surface area (Å²) in [5, 5.41) is 20.4. The molecule has 21 heavy (non-hydrogen) atoms. The van der Waals surface area contributed by atoms with Crippen molar-refractivity contribution in [1.82, 2.24) is 20.2 Å². The first-order chi connectivity index (χ1) is 10.0. The Morgan fingerprint density at radius 2 is 1.90 bits per heavy atom. The number of hydrogen-bond acceptors (Lipinski definition) is 7. The van der Waals surface area contributed by atoms with Crippen molar-refractivity contribution in [2.24, 2.45) is 0 Å². The number of aromatic carboxylic acids is 1. The summed E-state index contributed by atoms with van der Waals surface area (Å²) in [5.41, 5.74) is 1.39. The highest BCUT2D eigenvalue weighted by Gasteiger charge is 2.16. The molecule has 2 rings (SSSR count). The van der Waals surface area contributed by atoms with Crippen LogP contribution in [0.1, 0.15) is 45.5 Å². The van der Waals surface area contributed by atoms with Gasteiger partial charge in [0.05, 0.1) is 11.4 Å². The minimum Gasteiger partial charge on any atom is -0.476 e. The molecule has 110 valence electrons. The standard InChI is InChI=1S/C12H13N5O3S/c1-3-6-7(4-2)16-17-12(14-6)15-9(18)10-13-8(5-21-10)11(19)20/h5H,3-4H2,1-2H3,(H,19,20)(H,14,15,17,18). The number of hydrogen-bond donors (Lipinski definition) is 2. The lowest BCUT2D eigenvalue weighted by Gasteiger charge is -2.05. The third-order valence-electron chi connectivity index (χ3n) is 2.65. The van der Waals surface area contributed by atoms with E-state index in [1.54, 1.807) is 0 Å². The number of carbonyl (C=O) groups is 2. The molecule has 0 spiro atoms. The number of rotatable bonds is 5. The van der Waals surface area contributed by atoms with Crippen LogP contribution < -0.4 is 5.32 Å². The molecule has 0 aliphatic heterocycles. The molecule has 0 radical (unpaired) electrons. The Labute approximate surface area is 124 Å². The number of aromatic nitrogens is 4. The quantitative estimate of drug-likeness (QED) is 0.857. The van der Waals surface area contributed by atoms with Crippen LogP contribution in [0, 0.1) is 0 Å². The Hall–Kier alpha value is -2.42. The number of anilines is 1. The minimum atomic E-state index is -1.18. The fourth-order valence-electron chi connectivity index (χ4n) is 1.62. The van der Waals surface area contributed by atoms with E-state index in [1.165, 1.54) is 5.38 Å². The molecule has 2 N–H and O–H groups in total. The largest absolute Gasteiger partial charge is 0.476 e. The molecule has 1 amide bonds. The summed E-state index contributed by atoms with van der Waals surface area (Å²) in [7, 11) is 0. The Bertz CT molecular complexity index is 685. The van der Waals surface area contributed by atoms with Gasteiger partial charge in [-0.1, -0.05) is 13.8 Å². The molecule has 0 fully saturated rings. The van der Waals surface area contributed by atoms with Gasteiger partial charge in [0.1, 0.15) is 0 Å². The van der Waals surface area contributed by atoms with Crippen LogP contribution in [-0.4, -0.2) is 37.1 Å². The second kappa shape index (κ2) is 6.35. The monoisotopic (exact) mass is 307 g/mol. The predicted octanol–water partition coefficient (Wildman–Crippen LogP) is 1.40. The molecule has 9 heteroatoms. The summed E-state index contributed by atoms with van der Waals surface area (Å²) in [6.45, 7) is 3.89. The van der Waals surface area contributed by atoms with E-state index in [-0.39, 0.29) is 16.6 Å². The molecule has 2 aromatic heterocycles. The van der Waals surface area contributed by atoms with E-state index in [2.05, 4.69) is 25.5 Å². The molecule has 0 unspecified atom stereocenters. The second-order valence-electron chi connectivity index (χ2n) is 4.03. The lowest BCUT2D eigenvalue weighted by Crippen LogP contribution is -2.16. The number of nitrogens with zero attached hydrogens (tertiary/aromatic N) is 4. The zero-order valence-corrected chi connectivity index (χ0v) is 12.3. The van der Waals surface area contributed by atoms with Gasteiger partial charge in [0.25, 0.3) is 5.91 Å². The molecular weight excluding hydrogens is 294 g/mol. The smallest absolute Gasteiger partial charge is 0.355 e. The first kappa shape index (κ1) is 15.0. The molecular formula is C12H13N5O3S. The molecule has 8 nitrogen and oxygen atoms in total. The number of amides is 1. The minimum absolute atomic E-state index is 0.0358. The van der Waals surface area contributed by atoms with Gasteiger partial charge in [0, 0.05) is 5.38 Å².